The van der Waals surface area contributed by atoms with E-state index in [0.717, 1.165) is 10.9 Å². The standard InChI is InChI=1S/C14H17Br2NO3/c1-4-8(2)12(14(19)20-3)17-13(18)10-6-5-9(15)7-11(10)16/h5-8,12H,4H2,1-3H3,(H,17,18). The number of carbonyl (C=O) groups is 2. The van der Waals surface area contributed by atoms with Gasteiger partial charge in [-0.25, -0.2) is 4.79 Å². The van der Waals surface area contributed by atoms with Gasteiger partial charge >= 0.3 is 5.97 Å². The highest BCUT2D eigenvalue weighted by Crippen LogP contribution is 2.22. The third kappa shape index (κ3) is 4.31. The first-order valence-electron chi connectivity index (χ1n) is 6.24. The van der Waals surface area contributed by atoms with E-state index < -0.39 is 12.0 Å². The molecule has 0 spiro atoms. The number of ether oxygens (including phenoxy) is 1. The Labute approximate surface area is 135 Å². The zero-order chi connectivity index (χ0) is 15.3. The first-order valence-corrected chi connectivity index (χ1v) is 7.83. The van der Waals surface area contributed by atoms with E-state index >= 15 is 0 Å². The summed E-state index contributed by atoms with van der Waals surface area (Å²) in [4.78, 5) is 24.0. The Bertz CT molecular complexity index is 505. The highest BCUT2D eigenvalue weighted by molar-refractivity contribution is 9.11. The maximum atomic E-state index is 12.3. The number of esters is 1. The molecule has 0 saturated heterocycles. The van der Waals surface area contributed by atoms with Crippen molar-refractivity contribution in [1.29, 1.82) is 0 Å². The van der Waals surface area contributed by atoms with E-state index in [1.54, 1.807) is 18.2 Å². The molecule has 110 valence electrons. The predicted molar refractivity (Wildman–Crippen MR) is 84.6 cm³/mol. The van der Waals surface area contributed by atoms with Gasteiger partial charge in [0.1, 0.15) is 6.04 Å². The van der Waals surface area contributed by atoms with E-state index in [4.69, 9.17) is 4.74 Å². The molecule has 1 aromatic rings. The average molecular weight is 407 g/mol. The number of methoxy groups -OCH3 is 1. The van der Waals surface area contributed by atoms with Crippen LogP contribution in [-0.4, -0.2) is 25.0 Å². The first-order chi connectivity index (χ1) is 9.40. The molecule has 1 N–H and O–H groups in total. The highest BCUT2D eigenvalue weighted by atomic mass is 79.9. The lowest BCUT2D eigenvalue weighted by molar-refractivity contribution is -0.144. The predicted octanol–water partition coefficient (Wildman–Crippen LogP) is 3.53. The number of hydrogen-bond donors (Lipinski definition) is 1. The van der Waals surface area contributed by atoms with Crippen molar-refractivity contribution in [2.45, 2.75) is 26.3 Å². The number of hydrogen-bond acceptors (Lipinski definition) is 3. The van der Waals surface area contributed by atoms with Crippen molar-refractivity contribution in [3.05, 3.63) is 32.7 Å². The van der Waals surface area contributed by atoms with Crippen LogP contribution >= 0.6 is 31.9 Å². The largest absolute Gasteiger partial charge is 0.467 e. The first kappa shape index (κ1) is 17.2. The molecule has 0 bridgehead atoms. The van der Waals surface area contributed by atoms with E-state index in [1.807, 2.05) is 13.8 Å². The molecule has 0 saturated carbocycles. The van der Waals surface area contributed by atoms with Crippen LogP contribution in [0.2, 0.25) is 0 Å². The topological polar surface area (TPSA) is 55.4 Å². The number of amides is 1. The SMILES string of the molecule is CCC(C)C(NC(=O)c1ccc(Br)cc1Br)C(=O)OC. The second kappa shape index (κ2) is 7.78. The molecule has 20 heavy (non-hydrogen) atoms. The van der Waals surface area contributed by atoms with E-state index in [2.05, 4.69) is 37.2 Å². The number of rotatable bonds is 5. The van der Waals surface area contributed by atoms with Gasteiger partial charge in [0, 0.05) is 8.95 Å². The molecule has 2 atom stereocenters. The van der Waals surface area contributed by atoms with Crippen molar-refractivity contribution in [2.24, 2.45) is 5.92 Å². The molecule has 2 unspecified atom stereocenters. The summed E-state index contributed by atoms with van der Waals surface area (Å²) in [7, 11) is 1.32. The van der Waals surface area contributed by atoms with Crippen LogP contribution in [0.15, 0.2) is 27.1 Å². The summed E-state index contributed by atoms with van der Waals surface area (Å²) in [6.07, 6.45) is 0.765. The maximum absolute atomic E-state index is 12.3. The second-order valence-electron chi connectivity index (χ2n) is 4.48. The molecule has 1 amide bonds. The number of halogens is 2. The minimum Gasteiger partial charge on any atom is -0.467 e. The van der Waals surface area contributed by atoms with Gasteiger partial charge in [-0.05, 0) is 40.0 Å². The summed E-state index contributed by atoms with van der Waals surface area (Å²) in [5.74, 6) is -0.735. The van der Waals surface area contributed by atoms with Crippen molar-refractivity contribution < 1.29 is 14.3 Å². The summed E-state index contributed by atoms with van der Waals surface area (Å²) < 4.78 is 6.28. The molecule has 0 fully saturated rings. The summed E-state index contributed by atoms with van der Waals surface area (Å²) >= 11 is 6.67. The van der Waals surface area contributed by atoms with E-state index in [0.29, 0.717) is 10.0 Å². The van der Waals surface area contributed by atoms with E-state index in [1.165, 1.54) is 7.11 Å². The van der Waals surface area contributed by atoms with Gasteiger partial charge in [-0.3, -0.25) is 4.79 Å². The molecule has 1 rings (SSSR count). The van der Waals surface area contributed by atoms with Crippen LogP contribution in [0.5, 0.6) is 0 Å². The normalized spacial score (nSPS) is 13.4. The lowest BCUT2D eigenvalue weighted by Gasteiger charge is -2.22. The van der Waals surface area contributed by atoms with E-state index in [9.17, 15) is 9.59 Å². The molecule has 4 nitrogen and oxygen atoms in total. The van der Waals surface area contributed by atoms with Crippen LogP contribution < -0.4 is 5.32 Å². The third-order valence-electron chi connectivity index (χ3n) is 3.13. The van der Waals surface area contributed by atoms with Crippen molar-refractivity contribution in [1.82, 2.24) is 5.32 Å². The lowest BCUT2D eigenvalue weighted by Crippen LogP contribution is -2.45. The fourth-order valence-electron chi connectivity index (χ4n) is 1.69. The molecule has 0 aliphatic rings. The van der Waals surface area contributed by atoms with Crippen LogP contribution in [0, 0.1) is 5.92 Å². The monoisotopic (exact) mass is 405 g/mol. The average Bonchev–Trinajstić information content (AvgIpc) is 2.42. The number of benzene rings is 1. The van der Waals surface area contributed by atoms with Gasteiger partial charge in [-0.15, -0.1) is 0 Å². The van der Waals surface area contributed by atoms with Crippen molar-refractivity contribution in [2.75, 3.05) is 7.11 Å². The zero-order valence-electron chi connectivity index (χ0n) is 11.6. The highest BCUT2D eigenvalue weighted by Gasteiger charge is 2.27. The van der Waals surface area contributed by atoms with Crippen LogP contribution in [0.25, 0.3) is 0 Å². The number of nitrogens with one attached hydrogen (secondary N) is 1. The summed E-state index contributed by atoms with van der Waals surface area (Å²) in [5, 5.41) is 2.74. The Balaban J connectivity index is 2.93. The van der Waals surface area contributed by atoms with Crippen LogP contribution in [-0.2, 0) is 9.53 Å². The van der Waals surface area contributed by atoms with Crippen molar-refractivity contribution >= 4 is 43.7 Å². The summed E-state index contributed by atoms with van der Waals surface area (Å²) in [6.45, 7) is 3.86. The Kier molecular flexibility index (Phi) is 6.68. The Morgan fingerprint density at radius 3 is 2.50 bits per heavy atom. The third-order valence-corrected chi connectivity index (χ3v) is 4.28. The van der Waals surface area contributed by atoms with Gasteiger partial charge in [-0.2, -0.15) is 0 Å². The number of carbonyl (C=O) groups excluding carboxylic acids is 2. The maximum Gasteiger partial charge on any atom is 0.328 e. The van der Waals surface area contributed by atoms with Gasteiger partial charge in [-0.1, -0.05) is 36.2 Å². The molecule has 0 aliphatic carbocycles. The zero-order valence-corrected chi connectivity index (χ0v) is 14.7. The van der Waals surface area contributed by atoms with Gasteiger partial charge < -0.3 is 10.1 Å². The summed E-state index contributed by atoms with van der Waals surface area (Å²) in [5.41, 5.74) is 0.477. The molecular formula is C14H17Br2NO3. The molecule has 6 heteroatoms. The van der Waals surface area contributed by atoms with Crippen molar-refractivity contribution in [3.8, 4) is 0 Å². The lowest BCUT2D eigenvalue weighted by atomic mass is 9.99. The fraction of sp³-hybridized carbons (Fsp3) is 0.429. The quantitative estimate of drug-likeness (QED) is 0.761. The smallest absolute Gasteiger partial charge is 0.328 e. The Hall–Kier alpha value is -0.880. The van der Waals surface area contributed by atoms with Gasteiger partial charge in [0.2, 0.25) is 0 Å². The molecule has 0 radical (unpaired) electrons. The minimum absolute atomic E-state index is 0.000578. The van der Waals surface area contributed by atoms with Gasteiger partial charge in [0.25, 0.3) is 5.91 Å². The summed E-state index contributed by atoms with van der Waals surface area (Å²) in [6, 6.07) is 4.60. The second-order valence-corrected chi connectivity index (χ2v) is 6.25. The van der Waals surface area contributed by atoms with Gasteiger partial charge in [0.05, 0.1) is 12.7 Å². The van der Waals surface area contributed by atoms with Crippen molar-refractivity contribution in [3.63, 3.8) is 0 Å². The molecular weight excluding hydrogens is 390 g/mol. The fourth-order valence-corrected chi connectivity index (χ4v) is 2.92. The molecule has 0 aromatic heterocycles. The van der Waals surface area contributed by atoms with Crippen LogP contribution in [0.4, 0.5) is 0 Å². The molecule has 1 aromatic carbocycles. The molecule has 0 aliphatic heterocycles. The van der Waals surface area contributed by atoms with E-state index in [-0.39, 0.29) is 11.8 Å². The molecule has 0 heterocycles. The van der Waals surface area contributed by atoms with Gasteiger partial charge in [0.15, 0.2) is 0 Å². The Morgan fingerprint density at radius 2 is 2.00 bits per heavy atom. The Morgan fingerprint density at radius 1 is 1.35 bits per heavy atom. The minimum atomic E-state index is -0.645. The van der Waals surface area contributed by atoms with Crippen LogP contribution in [0.1, 0.15) is 30.6 Å². The van der Waals surface area contributed by atoms with Crippen LogP contribution in [0.3, 0.4) is 0 Å².